The normalized spacial score (nSPS) is 23.0. The van der Waals surface area contributed by atoms with Gasteiger partial charge < -0.3 is 19.3 Å². The lowest BCUT2D eigenvalue weighted by Crippen LogP contribution is -2.21. The molecule has 0 unspecified atom stereocenters. The van der Waals surface area contributed by atoms with Crippen LogP contribution in [0.2, 0.25) is 0 Å². The van der Waals surface area contributed by atoms with Gasteiger partial charge in [-0.2, -0.15) is 4.98 Å². The second-order valence-electron chi connectivity index (χ2n) is 9.50. The lowest BCUT2D eigenvalue weighted by molar-refractivity contribution is -0.143. The summed E-state index contributed by atoms with van der Waals surface area (Å²) in [6.07, 6.45) is 5.07. The Morgan fingerprint density at radius 1 is 1.17 bits per heavy atom. The van der Waals surface area contributed by atoms with E-state index in [-0.39, 0.29) is 30.6 Å². The van der Waals surface area contributed by atoms with Crippen molar-refractivity contribution in [3.05, 3.63) is 41.5 Å². The molecular formula is C25H30N6O5. The van der Waals surface area contributed by atoms with Crippen LogP contribution in [0, 0.1) is 24.7 Å². The molecule has 36 heavy (non-hydrogen) atoms. The van der Waals surface area contributed by atoms with Crippen LogP contribution < -0.4 is 9.47 Å². The average Bonchev–Trinajstić information content (AvgIpc) is 3.53. The number of hydrogen-bond donors (Lipinski definition) is 1. The Labute approximate surface area is 208 Å². The molecule has 11 heteroatoms. The van der Waals surface area contributed by atoms with E-state index in [4.69, 9.17) is 19.2 Å². The van der Waals surface area contributed by atoms with Gasteiger partial charge in [0.15, 0.2) is 0 Å². The molecule has 2 aliphatic carbocycles. The number of rotatable bonds is 9. The molecule has 3 aromatic rings. The molecule has 0 saturated heterocycles. The highest BCUT2D eigenvalue weighted by Gasteiger charge is 2.47. The summed E-state index contributed by atoms with van der Waals surface area (Å²) in [7, 11) is 3.40. The van der Waals surface area contributed by atoms with Crippen LogP contribution in [0.25, 0.3) is 11.4 Å². The first-order valence-electron chi connectivity index (χ1n) is 12.1. The number of nitrogens with zero attached hydrogens (tertiary/aromatic N) is 6. The van der Waals surface area contributed by atoms with Crippen molar-refractivity contribution in [1.82, 2.24) is 29.9 Å². The summed E-state index contributed by atoms with van der Waals surface area (Å²) in [5, 5.41) is 17.9. The van der Waals surface area contributed by atoms with E-state index in [1.807, 2.05) is 19.1 Å². The van der Waals surface area contributed by atoms with Crippen molar-refractivity contribution in [1.29, 1.82) is 0 Å². The summed E-state index contributed by atoms with van der Waals surface area (Å²) in [6, 6.07) is 5.78. The van der Waals surface area contributed by atoms with Crippen molar-refractivity contribution in [2.75, 3.05) is 7.11 Å². The lowest BCUT2D eigenvalue weighted by Gasteiger charge is -2.18. The second-order valence-corrected chi connectivity index (χ2v) is 9.50. The molecular weight excluding hydrogens is 464 g/mol. The van der Waals surface area contributed by atoms with E-state index >= 15 is 0 Å². The molecule has 0 radical (unpaired) electrons. The number of aromatic nitrogens is 6. The van der Waals surface area contributed by atoms with Gasteiger partial charge in [-0.1, -0.05) is 5.21 Å². The summed E-state index contributed by atoms with van der Waals surface area (Å²) in [5.41, 5.74) is 3.48. The fourth-order valence-electron chi connectivity index (χ4n) is 5.47. The van der Waals surface area contributed by atoms with Gasteiger partial charge in [0.25, 0.3) is 0 Å². The zero-order valence-electron chi connectivity index (χ0n) is 20.6. The molecule has 1 N–H and O–H groups in total. The van der Waals surface area contributed by atoms with E-state index in [1.54, 1.807) is 31.1 Å². The van der Waals surface area contributed by atoms with Gasteiger partial charge in [-0.3, -0.25) is 4.79 Å². The molecule has 4 atom stereocenters. The molecule has 2 saturated carbocycles. The zero-order valence-corrected chi connectivity index (χ0v) is 20.6. The van der Waals surface area contributed by atoms with E-state index in [0.717, 1.165) is 42.8 Å². The highest BCUT2D eigenvalue weighted by Crippen LogP contribution is 2.48. The Morgan fingerprint density at radius 2 is 2.03 bits per heavy atom. The number of aryl methyl sites for hydroxylation is 2. The van der Waals surface area contributed by atoms with Crippen LogP contribution in [0.1, 0.15) is 42.8 Å². The predicted octanol–water partition coefficient (Wildman–Crippen LogP) is 2.97. The van der Waals surface area contributed by atoms with Crippen LogP contribution in [0.4, 0.5) is 0 Å². The van der Waals surface area contributed by atoms with Gasteiger partial charge in [-0.05, 0) is 62.6 Å². The minimum Gasteiger partial charge on any atom is -0.489 e. The lowest BCUT2D eigenvalue weighted by atomic mass is 9.92. The number of methoxy groups -OCH3 is 1. The van der Waals surface area contributed by atoms with Crippen LogP contribution in [0.15, 0.2) is 24.4 Å². The van der Waals surface area contributed by atoms with Crippen molar-refractivity contribution in [3.8, 4) is 23.1 Å². The SMILES string of the molecule is COCc1ccnc(OCc2c(-c3ccc(O[C@H]4C[C@@H]5CC[C@@H](C(=O)O)[C@@H]5C4)c(C)n3)nnn2C)n1. The number of aliphatic carboxylic acids is 1. The Kier molecular flexibility index (Phi) is 6.82. The van der Waals surface area contributed by atoms with Gasteiger partial charge >= 0.3 is 12.0 Å². The molecule has 2 aliphatic rings. The standard InChI is InChI=1S/C25H30N6O5/c1-14-22(36-17-10-15-4-5-18(24(32)33)19(15)11-17)7-6-20(27-14)23-21(31(2)30-29-23)13-35-25-26-9-8-16(28-25)12-34-3/h6-9,15,17-19H,4-5,10-13H2,1-3H3,(H,32,33)/t15-,17-,18+,19+/m0/s1. The Balaban J connectivity index is 1.27. The van der Waals surface area contributed by atoms with Gasteiger partial charge in [0, 0.05) is 20.4 Å². The average molecular weight is 495 g/mol. The molecule has 0 aromatic carbocycles. The third-order valence-electron chi connectivity index (χ3n) is 7.23. The van der Waals surface area contributed by atoms with E-state index in [0.29, 0.717) is 29.7 Å². The van der Waals surface area contributed by atoms with E-state index < -0.39 is 5.97 Å². The first-order chi connectivity index (χ1) is 17.4. The summed E-state index contributed by atoms with van der Waals surface area (Å²) in [4.78, 5) is 24.8. The Hall–Kier alpha value is -3.60. The van der Waals surface area contributed by atoms with Crippen LogP contribution in [-0.2, 0) is 29.8 Å². The summed E-state index contributed by atoms with van der Waals surface area (Å²) >= 11 is 0. The molecule has 0 spiro atoms. The largest absolute Gasteiger partial charge is 0.489 e. The number of carbonyl (C=O) groups is 1. The molecule has 11 nitrogen and oxygen atoms in total. The fourth-order valence-corrected chi connectivity index (χ4v) is 5.47. The van der Waals surface area contributed by atoms with Crippen LogP contribution in [0.3, 0.4) is 0 Å². The van der Waals surface area contributed by atoms with Gasteiger partial charge in [0.1, 0.15) is 23.7 Å². The third-order valence-corrected chi connectivity index (χ3v) is 7.23. The van der Waals surface area contributed by atoms with Gasteiger partial charge in [-0.15, -0.1) is 5.10 Å². The fraction of sp³-hybridized carbons (Fsp3) is 0.520. The molecule has 3 heterocycles. The molecule has 5 rings (SSSR count). The molecule has 3 aromatic heterocycles. The van der Waals surface area contributed by atoms with Crippen molar-refractivity contribution in [2.24, 2.45) is 24.8 Å². The predicted molar refractivity (Wildman–Crippen MR) is 127 cm³/mol. The van der Waals surface area contributed by atoms with Gasteiger partial charge in [-0.25, -0.2) is 14.6 Å². The maximum absolute atomic E-state index is 11.5. The molecule has 190 valence electrons. The zero-order chi connectivity index (χ0) is 25.2. The molecule has 0 aliphatic heterocycles. The van der Waals surface area contributed by atoms with Gasteiger partial charge in [0.2, 0.25) is 0 Å². The van der Waals surface area contributed by atoms with Crippen LogP contribution >= 0.6 is 0 Å². The van der Waals surface area contributed by atoms with Crippen molar-refractivity contribution in [2.45, 2.75) is 51.9 Å². The Morgan fingerprint density at radius 3 is 2.81 bits per heavy atom. The van der Waals surface area contributed by atoms with E-state index in [1.165, 1.54) is 0 Å². The van der Waals surface area contributed by atoms with E-state index in [9.17, 15) is 9.90 Å². The van der Waals surface area contributed by atoms with Crippen LogP contribution in [-0.4, -0.2) is 54.2 Å². The number of pyridine rings is 1. The summed E-state index contributed by atoms with van der Waals surface area (Å²) < 4.78 is 18.9. The van der Waals surface area contributed by atoms with Crippen LogP contribution in [0.5, 0.6) is 11.8 Å². The maximum atomic E-state index is 11.5. The number of hydrogen-bond acceptors (Lipinski definition) is 9. The Bertz CT molecular complexity index is 1250. The number of carboxylic acid groups (broad SMARTS) is 1. The minimum absolute atomic E-state index is 0.0165. The quantitative estimate of drug-likeness (QED) is 0.473. The molecule has 0 amide bonds. The van der Waals surface area contributed by atoms with Gasteiger partial charge in [0.05, 0.1) is 35.7 Å². The first-order valence-corrected chi connectivity index (χ1v) is 12.1. The smallest absolute Gasteiger partial charge is 0.317 e. The van der Waals surface area contributed by atoms with Crippen molar-refractivity contribution in [3.63, 3.8) is 0 Å². The monoisotopic (exact) mass is 494 g/mol. The second kappa shape index (κ2) is 10.2. The van der Waals surface area contributed by atoms with Crippen molar-refractivity contribution < 1.29 is 24.1 Å². The third kappa shape index (κ3) is 4.88. The highest BCUT2D eigenvalue weighted by molar-refractivity contribution is 5.71. The van der Waals surface area contributed by atoms with Crippen molar-refractivity contribution >= 4 is 5.97 Å². The topological polar surface area (TPSA) is 134 Å². The first kappa shape index (κ1) is 24.1. The molecule has 0 bridgehead atoms. The number of fused-ring (bicyclic) bond motifs is 1. The summed E-state index contributed by atoms with van der Waals surface area (Å²) in [6.45, 7) is 2.44. The number of carboxylic acids is 1. The summed E-state index contributed by atoms with van der Waals surface area (Å²) in [5.74, 6) is 0.436. The maximum Gasteiger partial charge on any atom is 0.317 e. The number of ether oxygens (including phenoxy) is 3. The minimum atomic E-state index is -0.677. The highest BCUT2D eigenvalue weighted by atomic mass is 16.5. The molecule has 2 fully saturated rings. The van der Waals surface area contributed by atoms with E-state index in [2.05, 4.69) is 20.3 Å².